The van der Waals surface area contributed by atoms with Gasteiger partial charge in [0, 0.05) is 55.2 Å². The molecular weight excluding hydrogens is 430 g/mol. The van der Waals surface area contributed by atoms with Crippen molar-refractivity contribution in [1.82, 2.24) is 4.90 Å². The minimum absolute atomic E-state index is 0.504. The number of nitrogens with zero attached hydrogens (tertiary/aromatic N) is 3. The summed E-state index contributed by atoms with van der Waals surface area (Å²) in [5, 5.41) is 0.766. The number of fused-ring (bicyclic) bond motifs is 2. The molecule has 5 rings (SSSR count). The van der Waals surface area contributed by atoms with Gasteiger partial charge < -0.3 is 14.5 Å². The molecule has 33 heavy (non-hydrogen) atoms. The van der Waals surface area contributed by atoms with Gasteiger partial charge in [0.25, 0.3) is 0 Å². The monoisotopic (exact) mass is 461 g/mol. The minimum atomic E-state index is 0.504. The third-order valence-electron chi connectivity index (χ3n) is 6.91. The smallest absolute Gasteiger partial charge is 0.143 e. The van der Waals surface area contributed by atoms with Gasteiger partial charge in [-0.3, -0.25) is 4.90 Å². The van der Waals surface area contributed by atoms with Crippen molar-refractivity contribution in [3.05, 3.63) is 82.9 Å². The Morgan fingerprint density at radius 1 is 1.00 bits per heavy atom. The van der Waals surface area contributed by atoms with Crippen LogP contribution in [0.25, 0.3) is 0 Å². The fourth-order valence-corrected chi connectivity index (χ4v) is 5.20. The average molecular weight is 462 g/mol. The average Bonchev–Trinajstić information content (AvgIpc) is 3.21. The summed E-state index contributed by atoms with van der Waals surface area (Å²) in [6, 6.07) is 24.0. The van der Waals surface area contributed by atoms with E-state index in [2.05, 4.69) is 83.4 Å². The van der Waals surface area contributed by atoms with Crippen LogP contribution in [-0.2, 0) is 13.0 Å². The molecule has 4 nitrogen and oxygen atoms in total. The Hall–Kier alpha value is -2.69. The molecule has 0 bridgehead atoms. The van der Waals surface area contributed by atoms with Crippen LogP contribution in [0.3, 0.4) is 0 Å². The van der Waals surface area contributed by atoms with Crippen molar-refractivity contribution in [1.29, 1.82) is 0 Å². The normalized spacial score (nSPS) is 17.8. The first kappa shape index (κ1) is 22.1. The second kappa shape index (κ2) is 9.66. The van der Waals surface area contributed by atoms with Crippen molar-refractivity contribution in [2.24, 2.45) is 0 Å². The second-order valence-corrected chi connectivity index (χ2v) is 9.72. The number of likely N-dealkylation sites (tertiary alicyclic amines) is 1. The highest BCUT2D eigenvalue weighted by molar-refractivity contribution is 6.30. The van der Waals surface area contributed by atoms with Crippen molar-refractivity contribution in [3.63, 3.8) is 0 Å². The van der Waals surface area contributed by atoms with E-state index < -0.39 is 0 Å². The molecule has 2 aliphatic rings. The molecule has 0 saturated carbocycles. The lowest BCUT2D eigenvalue weighted by molar-refractivity contribution is 0.261. The highest BCUT2D eigenvalue weighted by Gasteiger charge is 2.30. The number of benzene rings is 3. The van der Waals surface area contributed by atoms with Gasteiger partial charge in [-0.2, -0.15) is 0 Å². The van der Waals surface area contributed by atoms with Crippen LogP contribution in [0.2, 0.25) is 5.02 Å². The summed E-state index contributed by atoms with van der Waals surface area (Å²) in [6.07, 6.45) is 3.54. The molecule has 0 N–H and O–H groups in total. The molecule has 0 aromatic heterocycles. The SMILES string of the molecule is CN(C)c1ccc(CCN2CCCC2CN2c3cc(Cl)ccc3COc3ccccc32)cc1. The van der Waals surface area contributed by atoms with E-state index in [1.807, 2.05) is 12.1 Å². The van der Waals surface area contributed by atoms with Crippen molar-refractivity contribution >= 4 is 28.7 Å². The zero-order chi connectivity index (χ0) is 22.8. The van der Waals surface area contributed by atoms with Gasteiger partial charge in [-0.05, 0) is 67.8 Å². The third kappa shape index (κ3) is 4.83. The maximum absolute atomic E-state index is 6.43. The summed E-state index contributed by atoms with van der Waals surface area (Å²) in [5.41, 5.74) is 6.12. The van der Waals surface area contributed by atoms with E-state index in [0.29, 0.717) is 12.6 Å². The molecule has 5 heteroatoms. The zero-order valence-corrected chi connectivity index (χ0v) is 20.3. The molecule has 1 saturated heterocycles. The lowest BCUT2D eigenvalue weighted by Gasteiger charge is -2.33. The molecule has 1 fully saturated rings. The van der Waals surface area contributed by atoms with Crippen LogP contribution in [0.4, 0.5) is 17.1 Å². The fraction of sp³-hybridized carbons (Fsp3) is 0.357. The highest BCUT2D eigenvalue weighted by Crippen LogP contribution is 2.41. The Morgan fingerprint density at radius 3 is 2.64 bits per heavy atom. The summed E-state index contributed by atoms with van der Waals surface area (Å²) < 4.78 is 6.17. The molecular formula is C28H32ClN3O. The number of anilines is 3. The third-order valence-corrected chi connectivity index (χ3v) is 7.15. The van der Waals surface area contributed by atoms with Crippen LogP contribution in [0.15, 0.2) is 66.7 Å². The van der Waals surface area contributed by atoms with Crippen molar-refractivity contribution < 1.29 is 4.74 Å². The van der Waals surface area contributed by atoms with Crippen LogP contribution < -0.4 is 14.5 Å². The number of ether oxygens (including phenoxy) is 1. The van der Waals surface area contributed by atoms with Gasteiger partial charge in [0.1, 0.15) is 12.4 Å². The molecule has 1 unspecified atom stereocenters. The number of para-hydroxylation sites is 2. The second-order valence-electron chi connectivity index (χ2n) is 9.28. The molecule has 0 radical (unpaired) electrons. The molecule has 2 heterocycles. The largest absolute Gasteiger partial charge is 0.487 e. The summed E-state index contributed by atoms with van der Waals surface area (Å²) >= 11 is 6.43. The Labute approximate surface area is 202 Å². The summed E-state index contributed by atoms with van der Waals surface area (Å²) in [4.78, 5) is 7.24. The lowest BCUT2D eigenvalue weighted by Crippen LogP contribution is -2.39. The predicted molar refractivity (Wildman–Crippen MR) is 138 cm³/mol. The van der Waals surface area contributed by atoms with Crippen LogP contribution in [0.1, 0.15) is 24.0 Å². The van der Waals surface area contributed by atoms with Crippen LogP contribution in [0.5, 0.6) is 5.75 Å². The van der Waals surface area contributed by atoms with Crippen molar-refractivity contribution in [2.75, 3.05) is 43.5 Å². The van der Waals surface area contributed by atoms with E-state index in [4.69, 9.17) is 16.3 Å². The first-order chi connectivity index (χ1) is 16.1. The van der Waals surface area contributed by atoms with Gasteiger partial charge in [0.15, 0.2) is 0 Å². The maximum atomic E-state index is 6.43. The zero-order valence-electron chi connectivity index (χ0n) is 19.5. The molecule has 0 spiro atoms. The van der Waals surface area contributed by atoms with Crippen LogP contribution in [0, 0.1) is 0 Å². The lowest BCUT2D eigenvalue weighted by atomic mass is 10.1. The fourth-order valence-electron chi connectivity index (χ4n) is 5.03. The van der Waals surface area contributed by atoms with E-state index in [1.54, 1.807) is 0 Å². The Morgan fingerprint density at radius 2 is 1.82 bits per heavy atom. The first-order valence-electron chi connectivity index (χ1n) is 11.9. The van der Waals surface area contributed by atoms with Gasteiger partial charge in [-0.15, -0.1) is 0 Å². The van der Waals surface area contributed by atoms with E-state index in [0.717, 1.165) is 42.5 Å². The quantitative estimate of drug-likeness (QED) is 0.438. The molecule has 3 aromatic rings. The number of rotatable bonds is 6. The number of halogens is 1. The molecule has 3 aromatic carbocycles. The Bertz CT molecular complexity index is 1100. The van der Waals surface area contributed by atoms with Gasteiger partial charge in [-0.25, -0.2) is 0 Å². The molecule has 0 aliphatic carbocycles. The summed E-state index contributed by atoms with van der Waals surface area (Å²) in [7, 11) is 4.17. The van der Waals surface area contributed by atoms with Gasteiger partial charge in [-0.1, -0.05) is 41.9 Å². The molecule has 2 aliphatic heterocycles. The molecule has 0 amide bonds. The topological polar surface area (TPSA) is 19.0 Å². The predicted octanol–water partition coefficient (Wildman–Crippen LogP) is 6.14. The number of hydrogen-bond donors (Lipinski definition) is 0. The first-order valence-corrected chi connectivity index (χ1v) is 12.2. The minimum Gasteiger partial charge on any atom is -0.487 e. The van der Waals surface area contributed by atoms with E-state index in [9.17, 15) is 0 Å². The van der Waals surface area contributed by atoms with Gasteiger partial charge in [0.2, 0.25) is 0 Å². The highest BCUT2D eigenvalue weighted by atomic mass is 35.5. The van der Waals surface area contributed by atoms with Gasteiger partial charge in [0.05, 0.1) is 5.69 Å². The van der Waals surface area contributed by atoms with Crippen LogP contribution >= 0.6 is 11.6 Å². The van der Waals surface area contributed by atoms with E-state index in [-0.39, 0.29) is 0 Å². The standard InChI is InChI=1S/C28H32ClN3O/c1-30(2)24-13-9-21(10-14-24)15-17-31-16-5-6-25(31)19-32-26-7-3-4-8-28(26)33-20-22-11-12-23(29)18-27(22)32/h3-4,7-14,18,25H,5-6,15-17,19-20H2,1-2H3. The molecule has 1 atom stereocenters. The summed E-state index contributed by atoms with van der Waals surface area (Å²) in [6.45, 7) is 3.75. The van der Waals surface area contributed by atoms with E-state index in [1.165, 1.54) is 35.3 Å². The summed E-state index contributed by atoms with van der Waals surface area (Å²) in [5.74, 6) is 0.940. The van der Waals surface area contributed by atoms with Gasteiger partial charge >= 0.3 is 0 Å². The Kier molecular flexibility index (Phi) is 6.48. The maximum Gasteiger partial charge on any atom is 0.143 e. The van der Waals surface area contributed by atoms with Crippen molar-refractivity contribution in [2.45, 2.75) is 31.9 Å². The Balaban J connectivity index is 1.35. The van der Waals surface area contributed by atoms with Crippen LogP contribution in [-0.4, -0.2) is 44.7 Å². The number of hydrogen-bond acceptors (Lipinski definition) is 4. The van der Waals surface area contributed by atoms with Crippen molar-refractivity contribution in [3.8, 4) is 5.75 Å². The molecule has 172 valence electrons. The van der Waals surface area contributed by atoms with E-state index >= 15 is 0 Å².